The van der Waals surface area contributed by atoms with E-state index in [0.29, 0.717) is 24.2 Å². The van der Waals surface area contributed by atoms with E-state index in [0.717, 1.165) is 0 Å². The molecule has 0 aliphatic heterocycles. The molecule has 0 aromatic heterocycles. The Morgan fingerprint density at radius 3 is 2.57 bits per heavy atom. The third-order valence-corrected chi connectivity index (χ3v) is 1.67. The second-order valence-electron chi connectivity index (χ2n) is 2.78. The largest absolute Gasteiger partial charge is 0.330 e. The number of nitriles is 1. The SMILES string of the molecule is N#Cc1ccc(NC(=O)CCN)cc1. The van der Waals surface area contributed by atoms with E-state index in [-0.39, 0.29) is 5.91 Å². The van der Waals surface area contributed by atoms with Crippen molar-refractivity contribution in [3.63, 3.8) is 0 Å². The Kier molecular flexibility index (Phi) is 3.65. The van der Waals surface area contributed by atoms with Crippen molar-refractivity contribution < 1.29 is 4.79 Å². The van der Waals surface area contributed by atoms with Crippen LogP contribution in [0.4, 0.5) is 5.69 Å². The maximum atomic E-state index is 11.1. The average molecular weight is 189 g/mol. The van der Waals surface area contributed by atoms with E-state index in [9.17, 15) is 4.79 Å². The highest BCUT2D eigenvalue weighted by atomic mass is 16.1. The first-order valence-corrected chi connectivity index (χ1v) is 4.26. The Morgan fingerprint density at radius 1 is 1.43 bits per heavy atom. The zero-order valence-corrected chi connectivity index (χ0v) is 7.66. The molecule has 4 heteroatoms. The molecule has 0 heterocycles. The van der Waals surface area contributed by atoms with E-state index in [1.165, 1.54) is 0 Å². The van der Waals surface area contributed by atoms with Crippen LogP contribution in [-0.2, 0) is 4.79 Å². The van der Waals surface area contributed by atoms with Crippen molar-refractivity contribution in [1.29, 1.82) is 5.26 Å². The van der Waals surface area contributed by atoms with Crippen molar-refractivity contribution in [1.82, 2.24) is 0 Å². The highest BCUT2D eigenvalue weighted by Crippen LogP contribution is 2.08. The Balaban J connectivity index is 2.61. The molecule has 1 amide bonds. The minimum absolute atomic E-state index is 0.114. The van der Waals surface area contributed by atoms with E-state index >= 15 is 0 Å². The molecule has 14 heavy (non-hydrogen) atoms. The summed E-state index contributed by atoms with van der Waals surface area (Å²) in [6.45, 7) is 0.335. The van der Waals surface area contributed by atoms with E-state index in [1.54, 1.807) is 24.3 Å². The van der Waals surface area contributed by atoms with Crippen LogP contribution in [0.2, 0.25) is 0 Å². The maximum Gasteiger partial charge on any atom is 0.225 e. The van der Waals surface area contributed by atoms with Gasteiger partial charge in [0.2, 0.25) is 5.91 Å². The van der Waals surface area contributed by atoms with Crippen molar-refractivity contribution >= 4 is 11.6 Å². The lowest BCUT2D eigenvalue weighted by Crippen LogP contribution is -2.15. The monoisotopic (exact) mass is 189 g/mol. The summed E-state index contributed by atoms with van der Waals surface area (Å²) < 4.78 is 0. The van der Waals surface area contributed by atoms with Crippen molar-refractivity contribution in [2.45, 2.75) is 6.42 Å². The van der Waals surface area contributed by atoms with Crippen molar-refractivity contribution in [2.24, 2.45) is 5.73 Å². The first kappa shape index (κ1) is 10.2. The van der Waals surface area contributed by atoms with Crippen molar-refractivity contribution in [3.05, 3.63) is 29.8 Å². The van der Waals surface area contributed by atoms with Crippen LogP contribution >= 0.6 is 0 Å². The van der Waals surface area contributed by atoms with Gasteiger partial charge < -0.3 is 11.1 Å². The third-order valence-electron chi connectivity index (χ3n) is 1.67. The molecule has 1 aromatic carbocycles. The van der Waals surface area contributed by atoms with Crippen LogP contribution in [0.5, 0.6) is 0 Å². The first-order valence-electron chi connectivity index (χ1n) is 4.26. The standard InChI is InChI=1S/C10H11N3O/c11-6-5-10(14)13-9-3-1-8(7-12)2-4-9/h1-4H,5-6,11H2,(H,13,14). The molecule has 4 nitrogen and oxygen atoms in total. The summed E-state index contributed by atoms with van der Waals surface area (Å²) >= 11 is 0. The highest BCUT2D eigenvalue weighted by Gasteiger charge is 1.99. The minimum atomic E-state index is -0.114. The molecule has 0 aliphatic carbocycles. The van der Waals surface area contributed by atoms with E-state index in [2.05, 4.69) is 5.32 Å². The predicted molar refractivity (Wildman–Crippen MR) is 53.5 cm³/mol. The van der Waals surface area contributed by atoms with Gasteiger partial charge in [-0.1, -0.05) is 0 Å². The fraction of sp³-hybridized carbons (Fsp3) is 0.200. The molecule has 0 spiro atoms. The summed E-state index contributed by atoms with van der Waals surface area (Å²) in [6.07, 6.45) is 0.306. The zero-order chi connectivity index (χ0) is 10.4. The molecule has 0 aliphatic rings. The first-order chi connectivity index (χ1) is 6.76. The zero-order valence-electron chi connectivity index (χ0n) is 7.66. The van der Waals surface area contributed by atoms with Crippen LogP contribution in [-0.4, -0.2) is 12.5 Å². The van der Waals surface area contributed by atoms with Gasteiger partial charge in [0.1, 0.15) is 0 Å². The molecule has 1 aromatic rings. The van der Waals surface area contributed by atoms with Gasteiger partial charge in [-0.25, -0.2) is 0 Å². The average Bonchev–Trinajstić information content (AvgIpc) is 2.19. The van der Waals surface area contributed by atoms with E-state index in [4.69, 9.17) is 11.0 Å². The number of nitrogens with two attached hydrogens (primary N) is 1. The number of carbonyl (C=O) groups is 1. The van der Waals surface area contributed by atoms with Gasteiger partial charge >= 0.3 is 0 Å². The summed E-state index contributed by atoms with van der Waals surface area (Å²) in [5.41, 5.74) is 6.48. The Labute approximate surface area is 82.3 Å². The molecule has 0 radical (unpaired) electrons. The fourth-order valence-corrected chi connectivity index (χ4v) is 0.983. The molecule has 0 saturated heterocycles. The quantitative estimate of drug-likeness (QED) is 0.739. The number of nitrogens with one attached hydrogen (secondary N) is 1. The molecule has 1 rings (SSSR count). The van der Waals surface area contributed by atoms with Crippen LogP contribution < -0.4 is 11.1 Å². The molecule has 0 saturated carbocycles. The molecule has 0 fully saturated rings. The summed E-state index contributed by atoms with van der Waals surface area (Å²) in [5, 5.41) is 11.2. The molecule has 0 bridgehead atoms. The molecular formula is C10H11N3O. The summed E-state index contributed by atoms with van der Waals surface area (Å²) in [4.78, 5) is 11.1. The van der Waals surface area contributed by atoms with Crippen LogP contribution in [0, 0.1) is 11.3 Å². The number of rotatable bonds is 3. The van der Waals surface area contributed by atoms with Gasteiger partial charge in [0, 0.05) is 18.7 Å². The van der Waals surface area contributed by atoms with Crippen LogP contribution in [0.25, 0.3) is 0 Å². The van der Waals surface area contributed by atoms with Gasteiger partial charge in [0.15, 0.2) is 0 Å². The van der Waals surface area contributed by atoms with Gasteiger partial charge in [0.05, 0.1) is 11.6 Å². The third kappa shape index (κ3) is 2.88. The Bertz CT molecular complexity index is 351. The van der Waals surface area contributed by atoms with Crippen molar-refractivity contribution in [2.75, 3.05) is 11.9 Å². The second kappa shape index (κ2) is 5.00. The molecule has 3 N–H and O–H groups in total. The van der Waals surface area contributed by atoms with Crippen LogP contribution in [0.15, 0.2) is 24.3 Å². The van der Waals surface area contributed by atoms with E-state index in [1.807, 2.05) is 6.07 Å². The summed E-state index contributed by atoms with van der Waals surface area (Å²) in [6, 6.07) is 8.68. The molecule has 72 valence electrons. The van der Waals surface area contributed by atoms with Crippen LogP contribution in [0.1, 0.15) is 12.0 Å². The fourth-order valence-electron chi connectivity index (χ4n) is 0.983. The summed E-state index contributed by atoms with van der Waals surface area (Å²) in [5.74, 6) is -0.114. The Morgan fingerprint density at radius 2 is 2.07 bits per heavy atom. The lowest BCUT2D eigenvalue weighted by molar-refractivity contribution is -0.116. The molecule has 0 atom stereocenters. The topological polar surface area (TPSA) is 78.9 Å². The minimum Gasteiger partial charge on any atom is -0.330 e. The van der Waals surface area contributed by atoms with Gasteiger partial charge in [-0.15, -0.1) is 0 Å². The number of benzene rings is 1. The number of hydrogen-bond donors (Lipinski definition) is 2. The number of carbonyl (C=O) groups excluding carboxylic acids is 1. The van der Waals surface area contributed by atoms with Crippen LogP contribution in [0.3, 0.4) is 0 Å². The smallest absolute Gasteiger partial charge is 0.225 e. The number of amides is 1. The van der Waals surface area contributed by atoms with Gasteiger partial charge in [-0.3, -0.25) is 4.79 Å². The number of nitrogens with zero attached hydrogens (tertiary/aromatic N) is 1. The Hall–Kier alpha value is -1.86. The lowest BCUT2D eigenvalue weighted by Gasteiger charge is -2.03. The molecular weight excluding hydrogens is 178 g/mol. The lowest BCUT2D eigenvalue weighted by atomic mass is 10.2. The maximum absolute atomic E-state index is 11.1. The second-order valence-corrected chi connectivity index (χ2v) is 2.78. The van der Waals surface area contributed by atoms with Gasteiger partial charge in [0.25, 0.3) is 0 Å². The van der Waals surface area contributed by atoms with Gasteiger partial charge in [-0.05, 0) is 24.3 Å². The number of hydrogen-bond acceptors (Lipinski definition) is 3. The highest BCUT2D eigenvalue weighted by molar-refractivity contribution is 5.90. The number of anilines is 1. The van der Waals surface area contributed by atoms with E-state index < -0.39 is 0 Å². The predicted octanol–water partition coefficient (Wildman–Crippen LogP) is 0.846. The molecule has 0 unspecified atom stereocenters. The summed E-state index contributed by atoms with van der Waals surface area (Å²) in [7, 11) is 0. The normalized spacial score (nSPS) is 9.14. The van der Waals surface area contributed by atoms with Gasteiger partial charge in [-0.2, -0.15) is 5.26 Å². The van der Waals surface area contributed by atoms with Crippen molar-refractivity contribution in [3.8, 4) is 6.07 Å².